The van der Waals surface area contributed by atoms with Gasteiger partial charge in [0.25, 0.3) is 0 Å². The van der Waals surface area contributed by atoms with Gasteiger partial charge in [0.2, 0.25) is 0 Å². The molecule has 60 valence electrons. The molecule has 0 aromatic rings. The number of rotatable bonds is 0. The van der Waals surface area contributed by atoms with Crippen molar-refractivity contribution < 1.29 is 5.11 Å². The Balaban J connectivity index is 2.28. The van der Waals surface area contributed by atoms with E-state index in [-0.39, 0.29) is 6.10 Å². The van der Waals surface area contributed by atoms with Gasteiger partial charge in [0.05, 0.1) is 6.10 Å². The van der Waals surface area contributed by atoms with Gasteiger partial charge >= 0.3 is 0 Å². The third kappa shape index (κ3) is 2.30. The molecule has 0 heterocycles. The summed E-state index contributed by atoms with van der Waals surface area (Å²) >= 11 is 0. The molecule has 1 nitrogen and oxygen atoms in total. The quantitative estimate of drug-likeness (QED) is 0.550. The molecule has 0 saturated heterocycles. The van der Waals surface area contributed by atoms with Gasteiger partial charge in [0.15, 0.2) is 0 Å². The fraction of sp³-hybridized carbons (Fsp3) is 1.00. The molecular weight excluding hydrogens is 124 g/mol. The Hall–Kier alpha value is -0.0400. The topological polar surface area (TPSA) is 20.2 Å². The third-order valence-corrected chi connectivity index (χ3v) is 2.57. The summed E-state index contributed by atoms with van der Waals surface area (Å²) in [5.41, 5.74) is 0. The Morgan fingerprint density at radius 2 is 1.60 bits per heavy atom. The summed E-state index contributed by atoms with van der Waals surface area (Å²) < 4.78 is 0. The molecule has 1 saturated carbocycles. The van der Waals surface area contributed by atoms with Gasteiger partial charge in [-0.2, -0.15) is 0 Å². The van der Waals surface area contributed by atoms with E-state index >= 15 is 0 Å². The van der Waals surface area contributed by atoms with E-state index in [4.69, 9.17) is 0 Å². The van der Waals surface area contributed by atoms with E-state index in [2.05, 4.69) is 6.92 Å². The van der Waals surface area contributed by atoms with Gasteiger partial charge < -0.3 is 5.11 Å². The molecule has 0 aromatic heterocycles. The summed E-state index contributed by atoms with van der Waals surface area (Å²) in [5, 5.41) is 9.48. The molecule has 1 N–H and O–H groups in total. The SMILES string of the molecule is C[C@@H]1CCCCCC[C@@H]1O. The van der Waals surface area contributed by atoms with Gasteiger partial charge in [-0.25, -0.2) is 0 Å². The molecule has 10 heavy (non-hydrogen) atoms. The molecule has 0 bridgehead atoms. The molecule has 1 rings (SSSR count). The van der Waals surface area contributed by atoms with Crippen molar-refractivity contribution in [2.75, 3.05) is 0 Å². The maximum atomic E-state index is 9.48. The van der Waals surface area contributed by atoms with Crippen LogP contribution in [-0.2, 0) is 0 Å². The predicted molar refractivity (Wildman–Crippen MR) is 42.9 cm³/mol. The lowest BCUT2D eigenvalue weighted by Gasteiger charge is -2.21. The van der Waals surface area contributed by atoms with Crippen molar-refractivity contribution in [3.8, 4) is 0 Å². The number of aliphatic hydroxyl groups excluding tert-OH is 1. The number of hydrogen-bond acceptors (Lipinski definition) is 1. The first-order valence-electron chi connectivity index (χ1n) is 4.49. The predicted octanol–water partition coefficient (Wildman–Crippen LogP) is 2.34. The molecule has 0 aromatic carbocycles. The molecule has 1 fully saturated rings. The van der Waals surface area contributed by atoms with Crippen molar-refractivity contribution >= 4 is 0 Å². The Labute approximate surface area is 63.4 Å². The van der Waals surface area contributed by atoms with Crippen molar-refractivity contribution in [2.45, 2.75) is 51.6 Å². The summed E-state index contributed by atoms with van der Waals surface area (Å²) in [4.78, 5) is 0. The van der Waals surface area contributed by atoms with Crippen LogP contribution in [0.2, 0.25) is 0 Å². The highest BCUT2D eigenvalue weighted by atomic mass is 16.3. The minimum Gasteiger partial charge on any atom is -0.393 e. The van der Waals surface area contributed by atoms with Crippen molar-refractivity contribution in [1.29, 1.82) is 0 Å². The molecule has 0 radical (unpaired) electrons. The Bertz CT molecular complexity index is 78.7. The normalized spacial score (nSPS) is 36.6. The smallest absolute Gasteiger partial charge is 0.0565 e. The Kier molecular flexibility index (Phi) is 3.20. The Morgan fingerprint density at radius 1 is 1.00 bits per heavy atom. The highest BCUT2D eigenvalue weighted by molar-refractivity contribution is 4.67. The first-order valence-corrected chi connectivity index (χ1v) is 4.49. The number of hydrogen-bond donors (Lipinski definition) is 1. The molecule has 1 aliphatic carbocycles. The maximum absolute atomic E-state index is 9.48. The molecule has 0 amide bonds. The monoisotopic (exact) mass is 142 g/mol. The van der Waals surface area contributed by atoms with Crippen LogP contribution >= 0.6 is 0 Å². The van der Waals surface area contributed by atoms with Crippen molar-refractivity contribution in [1.82, 2.24) is 0 Å². The van der Waals surface area contributed by atoms with E-state index < -0.39 is 0 Å². The lowest BCUT2D eigenvalue weighted by molar-refractivity contribution is 0.0928. The van der Waals surface area contributed by atoms with Crippen LogP contribution in [-0.4, -0.2) is 11.2 Å². The fourth-order valence-electron chi connectivity index (χ4n) is 1.65. The molecule has 0 aliphatic heterocycles. The van der Waals surface area contributed by atoms with E-state index in [1.165, 1.54) is 32.1 Å². The first-order chi connectivity index (χ1) is 4.80. The van der Waals surface area contributed by atoms with Gasteiger partial charge in [-0.3, -0.25) is 0 Å². The van der Waals surface area contributed by atoms with Crippen molar-refractivity contribution in [3.05, 3.63) is 0 Å². The van der Waals surface area contributed by atoms with Gasteiger partial charge in [-0.1, -0.05) is 32.6 Å². The van der Waals surface area contributed by atoms with Gasteiger partial charge in [-0.05, 0) is 18.8 Å². The second-order valence-corrected chi connectivity index (χ2v) is 3.54. The summed E-state index contributed by atoms with van der Waals surface area (Å²) in [5.74, 6) is 0.542. The van der Waals surface area contributed by atoms with Crippen LogP contribution < -0.4 is 0 Å². The summed E-state index contributed by atoms with van der Waals surface area (Å²) in [7, 11) is 0. The van der Waals surface area contributed by atoms with Crippen LogP contribution in [0.4, 0.5) is 0 Å². The third-order valence-electron chi connectivity index (χ3n) is 2.57. The van der Waals surface area contributed by atoms with E-state index in [0.29, 0.717) is 5.92 Å². The highest BCUT2D eigenvalue weighted by Gasteiger charge is 2.15. The highest BCUT2D eigenvalue weighted by Crippen LogP contribution is 2.21. The van der Waals surface area contributed by atoms with E-state index in [9.17, 15) is 5.11 Å². The van der Waals surface area contributed by atoms with E-state index in [1.807, 2.05) is 0 Å². The average Bonchev–Trinajstić information content (AvgIpc) is 1.92. The van der Waals surface area contributed by atoms with Crippen LogP contribution in [0.15, 0.2) is 0 Å². The standard InChI is InChI=1S/C9H18O/c1-8-6-4-2-3-5-7-9(8)10/h8-10H,2-7H2,1H3/t8-,9+/m1/s1. The van der Waals surface area contributed by atoms with Crippen LogP contribution in [0.1, 0.15) is 45.4 Å². The summed E-state index contributed by atoms with van der Waals surface area (Å²) in [6.45, 7) is 2.16. The minimum atomic E-state index is -0.0136. The van der Waals surface area contributed by atoms with Gasteiger partial charge in [-0.15, -0.1) is 0 Å². The lowest BCUT2D eigenvalue weighted by atomic mass is 9.90. The number of aliphatic hydroxyl groups is 1. The van der Waals surface area contributed by atoms with Crippen LogP contribution in [0.5, 0.6) is 0 Å². The first kappa shape index (κ1) is 8.06. The molecule has 0 spiro atoms. The average molecular weight is 142 g/mol. The lowest BCUT2D eigenvalue weighted by Crippen LogP contribution is -2.18. The molecule has 1 aliphatic rings. The summed E-state index contributed by atoms with van der Waals surface area (Å²) in [6, 6.07) is 0. The zero-order chi connectivity index (χ0) is 7.40. The molecular formula is C9H18O. The van der Waals surface area contributed by atoms with Gasteiger partial charge in [0.1, 0.15) is 0 Å². The maximum Gasteiger partial charge on any atom is 0.0565 e. The van der Waals surface area contributed by atoms with Crippen LogP contribution in [0, 0.1) is 5.92 Å². The summed E-state index contributed by atoms with van der Waals surface area (Å²) in [6.07, 6.45) is 7.48. The van der Waals surface area contributed by atoms with Crippen molar-refractivity contribution in [3.63, 3.8) is 0 Å². The molecule has 2 atom stereocenters. The van der Waals surface area contributed by atoms with E-state index in [1.54, 1.807) is 0 Å². The van der Waals surface area contributed by atoms with Crippen LogP contribution in [0.3, 0.4) is 0 Å². The van der Waals surface area contributed by atoms with Crippen molar-refractivity contribution in [2.24, 2.45) is 5.92 Å². The zero-order valence-electron chi connectivity index (χ0n) is 6.84. The molecule has 0 unspecified atom stereocenters. The Morgan fingerprint density at radius 3 is 2.30 bits per heavy atom. The second-order valence-electron chi connectivity index (χ2n) is 3.54. The van der Waals surface area contributed by atoms with E-state index in [0.717, 1.165) is 6.42 Å². The minimum absolute atomic E-state index is 0.0136. The van der Waals surface area contributed by atoms with Gasteiger partial charge in [0, 0.05) is 0 Å². The second kappa shape index (κ2) is 3.97. The fourth-order valence-corrected chi connectivity index (χ4v) is 1.65. The van der Waals surface area contributed by atoms with Crippen LogP contribution in [0.25, 0.3) is 0 Å². The largest absolute Gasteiger partial charge is 0.393 e. The molecule has 1 heteroatoms. The zero-order valence-corrected chi connectivity index (χ0v) is 6.84.